The summed E-state index contributed by atoms with van der Waals surface area (Å²) in [6.07, 6.45) is 4.07. The summed E-state index contributed by atoms with van der Waals surface area (Å²) in [5.74, 6) is 0. The van der Waals surface area contributed by atoms with E-state index >= 15 is 0 Å². The van der Waals surface area contributed by atoms with Gasteiger partial charge in [0.1, 0.15) is 0 Å². The molecule has 1 aliphatic rings. The SMILES string of the molecule is CC1(C)c2[c-]c(ccc2)-n2ccc(n2)C(C)(C)C(C)(C)c2ccn(n2)-c2[c-]c1ccc2.[Pt+2]. The van der Waals surface area contributed by atoms with Crippen LogP contribution in [0.1, 0.15) is 64.1 Å². The van der Waals surface area contributed by atoms with Crippen LogP contribution in [0.4, 0.5) is 0 Å². The minimum absolute atomic E-state index is 0. The Balaban J connectivity index is 0.00000245. The number of fused-ring (bicyclic) bond motifs is 10. The molecule has 0 saturated heterocycles. The predicted octanol–water partition coefficient (Wildman–Crippen LogP) is 5.55. The summed E-state index contributed by atoms with van der Waals surface area (Å²) >= 11 is 0. The van der Waals surface area contributed by atoms with E-state index in [2.05, 4.69) is 102 Å². The molecule has 0 atom stereocenters. The molecule has 2 aromatic heterocycles. The topological polar surface area (TPSA) is 35.6 Å². The van der Waals surface area contributed by atoms with E-state index in [1.54, 1.807) is 0 Å². The van der Waals surface area contributed by atoms with Gasteiger partial charge in [0.25, 0.3) is 0 Å². The van der Waals surface area contributed by atoms with Crippen molar-refractivity contribution in [3.63, 3.8) is 0 Å². The largest absolute Gasteiger partial charge is 2.00 e. The Bertz CT molecular complexity index is 1180. The number of aromatic nitrogens is 4. The average molecular weight is 604 g/mol. The van der Waals surface area contributed by atoms with Crippen LogP contribution in [0.25, 0.3) is 11.4 Å². The van der Waals surface area contributed by atoms with Crippen LogP contribution in [0.5, 0.6) is 0 Å². The minimum atomic E-state index is -0.267. The van der Waals surface area contributed by atoms with Crippen LogP contribution >= 0.6 is 0 Å². The summed E-state index contributed by atoms with van der Waals surface area (Å²) in [4.78, 5) is 0. The van der Waals surface area contributed by atoms with Gasteiger partial charge in [-0.1, -0.05) is 41.5 Å². The zero-order chi connectivity index (χ0) is 22.0. The molecule has 3 heterocycles. The molecule has 0 aliphatic carbocycles. The third kappa shape index (κ3) is 3.31. The van der Waals surface area contributed by atoms with Gasteiger partial charge >= 0.3 is 21.1 Å². The summed E-state index contributed by atoms with van der Waals surface area (Å²) < 4.78 is 3.87. The number of benzene rings is 2. The minimum Gasteiger partial charge on any atom is -0.265 e. The van der Waals surface area contributed by atoms with E-state index in [1.165, 1.54) is 0 Å². The number of nitrogens with zero attached hydrogens (tertiary/aromatic N) is 4. The molecule has 0 unspecified atom stereocenters. The van der Waals surface area contributed by atoms with Crippen LogP contribution in [0, 0.1) is 12.1 Å². The number of rotatable bonds is 0. The monoisotopic (exact) mass is 603 g/mol. The summed E-state index contributed by atoms with van der Waals surface area (Å²) in [6.45, 7) is 13.4. The van der Waals surface area contributed by atoms with Crippen LogP contribution in [-0.2, 0) is 37.3 Å². The molecule has 5 rings (SSSR count). The standard InChI is InChI=1S/C27H28N4.Pt/c1-25(2)19-9-7-11-21(17-19)30-15-13-23(28-30)26(3,4)27(5,6)24-14-16-31(29-24)22-12-8-10-20(25)18-22;/h7-16H,1-6H3;/q-2;+2. The van der Waals surface area contributed by atoms with E-state index in [0.29, 0.717) is 0 Å². The van der Waals surface area contributed by atoms with Gasteiger partial charge in [0.05, 0.1) is 11.4 Å². The van der Waals surface area contributed by atoms with Gasteiger partial charge in [0.15, 0.2) is 0 Å². The fourth-order valence-corrected chi connectivity index (χ4v) is 4.28. The van der Waals surface area contributed by atoms with E-state index in [0.717, 1.165) is 33.9 Å². The molecule has 0 N–H and O–H groups in total. The van der Waals surface area contributed by atoms with E-state index in [9.17, 15) is 0 Å². The van der Waals surface area contributed by atoms with Gasteiger partial charge < -0.3 is 0 Å². The molecule has 2 aromatic carbocycles. The fraction of sp³-hybridized carbons (Fsp3) is 0.333. The van der Waals surface area contributed by atoms with Crippen molar-refractivity contribution in [2.45, 2.75) is 57.8 Å². The van der Waals surface area contributed by atoms with Crippen LogP contribution in [0.2, 0.25) is 0 Å². The van der Waals surface area contributed by atoms with Crippen LogP contribution in [0.3, 0.4) is 0 Å². The summed E-state index contributed by atoms with van der Waals surface area (Å²) in [5.41, 5.74) is 5.42. The van der Waals surface area contributed by atoms with E-state index in [1.807, 2.05) is 21.8 Å². The molecule has 0 spiro atoms. The smallest absolute Gasteiger partial charge is 0.265 e. The Labute approximate surface area is 204 Å². The van der Waals surface area contributed by atoms with Crippen molar-refractivity contribution >= 4 is 0 Å². The molecule has 4 aromatic rings. The molecular weight excluding hydrogens is 575 g/mol. The quantitative estimate of drug-likeness (QED) is 0.247. The normalized spacial score (nSPS) is 17.6. The van der Waals surface area contributed by atoms with Gasteiger partial charge in [-0.3, -0.25) is 9.36 Å². The van der Waals surface area contributed by atoms with Gasteiger partial charge in [0.2, 0.25) is 0 Å². The van der Waals surface area contributed by atoms with E-state index in [-0.39, 0.29) is 37.3 Å². The molecule has 1 aliphatic heterocycles. The second-order valence-corrected chi connectivity index (χ2v) is 10.1. The van der Waals surface area contributed by atoms with Gasteiger partial charge in [-0.05, 0) is 28.9 Å². The number of hydrogen-bond donors (Lipinski definition) is 0. The third-order valence-electron chi connectivity index (χ3n) is 7.42. The van der Waals surface area contributed by atoms with E-state index in [4.69, 9.17) is 10.2 Å². The average Bonchev–Trinajstić information content (AvgIpc) is 3.44. The molecule has 0 radical (unpaired) electrons. The first-order chi connectivity index (χ1) is 14.6. The Morgan fingerprint density at radius 3 is 1.44 bits per heavy atom. The summed E-state index contributed by atoms with van der Waals surface area (Å²) in [5, 5.41) is 9.97. The van der Waals surface area contributed by atoms with Gasteiger partial charge in [-0.25, -0.2) is 0 Å². The summed E-state index contributed by atoms with van der Waals surface area (Å²) in [7, 11) is 0. The zero-order valence-corrected chi connectivity index (χ0v) is 21.7. The van der Waals surface area contributed by atoms with Crippen molar-refractivity contribution in [3.05, 3.63) is 95.6 Å². The molecule has 0 amide bonds. The van der Waals surface area contributed by atoms with Crippen LogP contribution in [-0.4, -0.2) is 19.6 Å². The van der Waals surface area contributed by atoms with Gasteiger partial charge in [-0.2, -0.15) is 57.7 Å². The molecule has 8 bridgehead atoms. The molecule has 0 fully saturated rings. The first-order valence-corrected chi connectivity index (χ1v) is 10.8. The third-order valence-corrected chi connectivity index (χ3v) is 7.42. The Morgan fingerprint density at radius 1 is 0.625 bits per heavy atom. The van der Waals surface area contributed by atoms with Crippen LogP contribution in [0.15, 0.2) is 60.9 Å². The first-order valence-electron chi connectivity index (χ1n) is 10.8. The van der Waals surface area contributed by atoms with Crippen molar-refractivity contribution in [2.24, 2.45) is 0 Å². The summed E-state index contributed by atoms with van der Waals surface area (Å²) in [6, 6.07) is 24.0. The first kappa shape index (κ1) is 22.7. The predicted molar refractivity (Wildman–Crippen MR) is 123 cm³/mol. The molecule has 0 saturated carbocycles. The zero-order valence-electron chi connectivity index (χ0n) is 19.4. The maximum absolute atomic E-state index is 4.98. The molecule has 166 valence electrons. The maximum atomic E-state index is 4.98. The van der Waals surface area contributed by atoms with Gasteiger partial charge in [0, 0.05) is 23.2 Å². The Kier molecular flexibility index (Phi) is 5.37. The maximum Gasteiger partial charge on any atom is 2.00 e. The second-order valence-electron chi connectivity index (χ2n) is 10.1. The van der Waals surface area contributed by atoms with E-state index < -0.39 is 0 Å². The molecule has 32 heavy (non-hydrogen) atoms. The van der Waals surface area contributed by atoms with Crippen LogP contribution < -0.4 is 0 Å². The second kappa shape index (κ2) is 7.56. The molecule has 4 nitrogen and oxygen atoms in total. The van der Waals surface area contributed by atoms with Crippen molar-refractivity contribution in [1.29, 1.82) is 0 Å². The fourth-order valence-electron chi connectivity index (χ4n) is 4.28. The van der Waals surface area contributed by atoms with Crippen molar-refractivity contribution in [2.75, 3.05) is 0 Å². The molecular formula is C27H28N4Pt. The number of hydrogen-bond acceptors (Lipinski definition) is 2. The molecule has 5 heteroatoms. The van der Waals surface area contributed by atoms with Crippen molar-refractivity contribution in [3.8, 4) is 11.4 Å². The van der Waals surface area contributed by atoms with Gasteiger partial charge in [-0.15, -0.1) is 12.1 Å². The Hall–Kier alpha value is -2.45. The van der Waals surface area contributed by atoms with Crippen molar-refractivity contribution < 1.29 is 21.1 Å². The van der Waals surface area contributed by atoms with Crippen molar-refractivity contribution in [1.82, 2.24) is 19.6 Å². The Morgan fingerprint density at radius 2 is 1.03 bits per heavy atom.